The predicted octanol–water partition coefficient (Wildman–Crippen LogP) is 1.73. The predicted molar refractivity (Wildman–Crippen MR) is 105 cm³/mol. The SMILES string of the molecule is CS(=O)(=O)c1ccc(-c2ccc(Cn3nnn(CC(CN)=C(F)F)c3=O)s2)cc1. The monoisotopic (exact) mass is 441 g/mol. The van der Waals surface area contributed by atoms with E-state index in [0.29, 0.717) is 0 Å². The molecule has 2 N–H and O–H groups in total. The average Bonchev–Trinajstić information content (AvgIpc) is 3.27. The Labute approximate surface area is 168 Å². The van der Waals surface area contributed by atoms with Crippen molar-refractivity contribution in [2.24, 2.45) is 5.73 Å². The second kappa shape index (κ2) is 8.35. The summed E-state index contributed by atoms with van der Waals surface area (Å²) in [5.74, 6) is 0. The molecule has 0 amide bonds. The fraction of sp³-hybridized carbons (Fsp3) is 0.235. The number of nitrogens with two attached hydrogens (primary N) is 1. The summed E-state index contributed by atoms with van der Waals surface area (Å²) in [6, 6.07) is 10.1. The van der Waals surface area contributed by atoms with Gasteiger partial charge in [0, 0.05) is 28.1 Å². The normalized spacial score (nSPS) is 11.6. The second-order valence-electron chi connectivity index (χ2n) is 6.21. The summed E-state index contributed by atoms with van der Waals surface area (Å²) in [5, 5.41) is 7.35. The van der Waals surface area contributed by atoms with E-state index in [4.69, 9.17) is 5.73 Å². The summed E-state index contributed by atoms with van der Waals surface area (Å²) < 4.78 is 50.5. The fourth-order valence-corrected chi connectivity index (χ4v) is 4.15. The number of nitrogens with zero attached hydrogens (tertiary/aromatic N) is 4. The number of benzene rings is 1. The molecule has 0 saturated heterocycles. The number of aromatic nitrogens is 4. The maximum absolute atomic E-state index is 12.7. The molecule has 0 aliphatic carbocycles. The van der Waals surface area contributed by atoms with Crippen LogP contribution in [0.1, 0.15) is 4.88 Å². The van der Waals surface area contributed by atoms with Crippen LogP contribution in [0.4, 0.5) is 8.78 Å². The van der Waals surface area contributed by atoms with Crippen molar-refractivity contribution < 1.29 is 17.2 Å². The molecule has 154 valence electrons. The van der Waals surface area contributed by atoms with E-state index in [-0.39, 0.29) is 23.6 Å². The van der Waals surface area contributed by atoms with E-state index in [1.54, 1.807) is 12.1 Å². The fourth-order valence-electron chi connectivity index (χ4n) is 2.52. The van der Waals surface area contributed by atoms with E-state index < -0.39 is 28.2 Å². The van der Waals surface area contributed by atoms with Crippen LogP contribution < -0.4 is 11.4 Å². The smallest absolute Gasteiger partial charge is 0.327 e. The molecule has 8 nitrogen and oxygen atoms in total. The van der Waals surface area contributed by atoms with Gasteiger partial charge in [-0.25, -0.2) is 13.2 Å². The average molecular weight is 441 g/mol. The Bertz CT molecular complexity index is 1210. The molecule has 29 heavy (non-hydrogen) atoms. The minimum Gasteiger partial charge on any atom is -0.327 e. The molecule has 3 rings (SSSR count). The van der Waals surface area contributed by atoms with Crippen LogP contribution in [0.5, 0.6) is 0 Å². The summed E-state index contributed by atoms with van der Waals surface area (Å²) in [7, 11) is -3.27. The molecule has 0 atom stereocenters. The van der Waals surface area contributed by atoms with Crippen LogP contribution in [0.25, 0.3) is 10.4 Å². The van der Waals surface area contributed by atoms with Gasteiger partial charge < -0.3 is 5.73 Å². The summed E-state index contributed by atoms with van der Waals surface area (Å²) in [4.78, 5) is 14.2. The first kappa shape index (κ1) is 21.0. The van der Waals surface area contributed by atoms with Gasteiger partial charge in [-0.15, -0.1) is 11.3 Å². The van der Waals surface area contributed by atoms with Gasteiger partial charge in [0.15, 0.2) is 9.84 Å². The lowest BCUT2D eigenvalue weighted by molar-refractivity contribution is 0.400. The molecule has 0 saturated carbocycles. The molecule has 1 aromatic carbocycles. The van der Waals surface area contributed by atoms with E-state index in [1.165, 1.54) is 23.5 Å². The standard InChI is InChI=1S/C17H17F2N5O3S2/c1-29(26,27)14-5-2-11(3-6-14)15-7-4-13(28-15)10-24-17(25)23(21-22-24)9-12(8-20)16(18)19/h2-7H,8-10,20H2,1H3. The van der Waals surface area contributed by atoms with Crippen LogP contribution in [0.15, 0.2) is 57.7 Å². The third-order valence-corrected chi connectivity index (χ3v) is 6.33. The summed E-state index contributed by atoms with van der Waals surface area (Å²) in [6.45, 7) is -0.668. The molecule has 0 unspecified atom stereocenters. The van der Waals surface area contributed by atoms with Crippen LogP contribution in [-0.4, -0.2) is 41.0 Å². The highest BCUT2D eigenvalue weighted by atomic mass is 32.2. The summed E-state index contributed by atoms with van der Waals surface area (Å²) >= 11 is 1.40. The number of halogens is 2. The minimum absolute atomic E-state index is 0.130. The van der Waals surface area contributed by atoms with E-state index in [0.717, 1.165) is 30.9 Å². The van der Waals surface area contributed by atoms with Gasteiger partial charge in [-0.05, 0) is 40.3 Å². The third kappa shape index (κ3) is 4.83. The molecule has 0 aliphatic heterocycles. The maximum atomic E-state index is 12.7. The molecular weight excluding hydrogens is 424 g/mol. The first-order valence-electron chi connectivity index (χ1n) is 8.32. The van der Waals surface area contributed by atoms with Gasteiger partial charge in [0.25, 0.3) is 6.08 Å². The highest BCUT2D eigenvalue weighted by Crippen LogP contribution is 2.29. The Kier molecular flexibility index (Phi) is 6.05. The molecule has 0 fully saturated rings. The van der Waals surface area contributed by atoms with Gasteiger partial charge in [-0.1, -0.05) is 12.1 Å². The van der Waals surface area contributed by atoms with Crippen LogP contribution in [0.3, 0.4) is 0 Å². The Morgan fingerprint density at radius 3 is 2.34 bits per heavy atom. The summed E-state index contributed by atoms with van der Waals surface area (Å²) in [6.07, 6.45) is -0.788. The topological polar surface area (TPSA) is 113 Å². The van der Waals surface area contributed by atoms with Gasteiger partial charge in [-0.3, -0.25) is 0 Å². The van der Waals surface area contributed by atoms with E-state index in [2.05, 4.69) is 10.4 Å². The lowest BCUT2D eigenvalue weighted by Crippen LogP contribution is -2.27. The Morgan fingerprint density at radius 2 is 1.76 bits per heavy atom. The zero-order valence-electron chi connectivity index (χ0n) is 15.2. The van der Waals surface area contributed by atoms with Gasteiger partial charge in [0.05, 0.1) is 18.0 Å². The van der Waals surface area contributed by atoms with E-state index in [1.807, 2.05) is 12.1 Å². The number of tetrazole rings is 1. The lowest BCUT2D eigenvalue weighted by Gasteiger charge is -2.01. The highest BCUT2D eigenvalue weighted by molar-refractivity contribution is 7.90. The zero-order valence-corrected chi connectivity index (χ0v) is 16.9. The van der Waals surface area contributed by atoms with Crippen molar-refractivity contribution >= 4 is 21.2 Å². The molecule has 0 radical (unpaired) electrons. The van der Waals surface area contributed by atoms with E-state index >= 15 is 0 Å². The molecule has 3 aromatic rings. The maximum Gasteiger partial charge on any atom is 0.364 e. The number of hydrogen-bond donors (Lipinski definition) is 1. The van der Waals surface area contributed by atoms with Crippen molar-refractivity contribution in [3.8, 4) is 10.4 Å². The number of hydrogen-bond acceptors (Lipinski definition) is 7. The first-order chi connectivity index (χ1) is 13.7. The number of thiophene rings is 1. The molecule has 0 bridgehead atoms. The van der Waals surface area contributed by atoms with Crippen molar-refractivity contribution in [2.75, 3.05) is 12.8 Å². The summed E-state index contributed by atoms with van der Waals surface area (Å²) in [5.41, 5.74) is 5.09. The highest BCUT2D eigenvalue weighted by Gasteiger charge is 2.13. The van der Waals surface area contributed by atoms with Gasteiger partial charge >= 0.3 is 5.69 Å². The van der Waals surface area contributed by atoms with Crippen molar-refractivity contribution in [1.29, 1.82) is 0 Å². The van der Waals surface area contributed by atoms with Gasteiger partial charge in [0.2, 0.25) is 0 Å². The lowest BCUT2D eigenvalue weighted by atomic mass is 10.2. The molecule has 2 heterocycles. The molecule has 2 aromatic heterocycles. The molecule has 0 spiro atoms. The zero-order chi connectivity index (χ0) is 21.2. The quantitative estimate of drug-likeness (QED) is 0.598. The Hall–Kier alpha value is -2.70. The molecule has 12 heteroatoms. The largest absolute Gasteiger partial charge is 0.364 e. The van der Waals surface area contributed by atoms with Crippen LogP contribution in [0.2, 0.25) is 0 Å². The van der Waals surface area contributed by atoms with Gasteiger partial charge in [0.1, 0.15) is 0 Å². The Morgan fingerprint density at radius 1 is 1.10 bits per heavy atom. The molecule has 0 aliphatic rings. The van der Waals surface area contributed by atoms with E-state index in [9.17, 15) is 22.0 Å². The van der Waals surface area contributed by atoms with Crippen LogP contribution in [-0.2, 0) is 22.9 Å². The van der Waals surface area contributed by atoms with Crippen molar-refractivity contribution in [3.63, 3.8) is 0 Å². The Balaban J connectivity index is 1.77. The molecular formula is C17H17F2N5O3S2. The number of rotatable bonds is 7. The van der Waals surface area contributed by atoms with Crippen molar-refractivity contribution in [3.05, 3.63) is 63.4 Å². The third-order valence-electron chi connectivity index (χ3n) is 4.09. The van der Waals surface area contributed by atoms with Crippen LogP contribution in [0, 0.1) is 0 Å². The van der Waals surface area contributed by atoms with Crippen LogP contribution >= 0.6 is 11.3 Å². The number of sulfone groups is 1. The second-order valence-corrected chi connectivity index (χ2v) is 9.39. The minimum atomic E-state index is -3.27. The van der Waals surface area contributed by atoms with Crippen molar-refractivity contribution in [2.45, 2.75) is 18.0 Å². The first-order valence-corrected chi connectivity index (χ1v) is 11.0. The van der Waals surface area contributed by atoms with Crippen molar-refractivity contribution in [1.82, 2.24) is 19.8 Å². The van der Waals surface area contributed by atoms with Gasteiger partial charge in [-0.2, -0.15) is 18.1 Å².